The molecule has 0 bridgehead atoms. The van der Waals surface area contributed by atoms with E-state index in [4.69, 9.17) is 9.47 Å². The Morgan fingerprint density at radius 2 is 2.19 bits per heavy atom. The number of rotatable bonds is 5. The lowest BCUT2D eigenvalue weighted by atomic mass is 10.2. The van der Waals surface area contributed by atoms with Crippen molar-refractivity contribution in [2.75, 3.05) is 13.3 Å². The molecule has 0 radical (unpaired) electrons. The van der Waals surface area contributed by atoms with Gasteiger partial charge in [-0.25, -0.2) is 4.98 Å². The number of aryl methyl sites for hydroxylation is 1. The Balaban J connectivity index is 1.36. The van der Waals surface area contributed by atoms with Gasteiger partial charge in [0.05, 0.1) is 5.39 Å². The standard InChI is InChI=1S/C19H17N3O4S/c1-12-21-18-14(6-9-27-18)19(24)22(12)8-7-20-17(23)5-3-13-2-4-15-16(10-13)26-11-25-15/h2-6,9-10H,7-8,11H2,1H3,(H,20,23)/b5-3-. The van der Waals surface area contributed by atoms with E-state index < -0.39 is 0 Å². The van der Waals surface area contributed by atoms with Gasteiger partial charge in [0.1, 0.15) is 10.7 Å². The molecule has 1 amide bonds. The van der Waals surface area contributed by atoms with Crippen LogP contribution in [0, 0.1) is 6.92 Å². The average molecular weight is 383 g/mol. The molecule has 1 aliphatic heterocycles. The topological polar surface area (TPSA) is 82.5 Å². The van der Waals surface area contributed by atoms with Crippen LogP contribution in [0.25, 0.3) is 16.3 Å². The van der Waals surface area contributed by atoms with Gasteiger partial charge < -0.3 is 14.8 Å². The molecule has 1 N–H and O–H groups in total. The summed E-state index contributed by atoms with van der Waals surface area (Å²) in [7, 11) is 0. The third-order valence-corrected chi connectivity index (χ3v) is 5.04. The maximum atomic E-state index is 12.5. The molecule has 0 unspecified atom stereocenters. The second-order valence-electron chi connectivity index (χ2n) is 5.99. The Bertz CT molecular complexity index is 1100. The fourth-order valence-electron chi connectivity index (χ4n) is 2.85. The van der Waals surface area contributed by atoms with Gasteiger partial charge in [-0.05, 0) is 42.1 Å². The van der Waals surface area contributed by atoms with Gasteiger partial charge in [0.2, 0.25) is 12.7 Å². The van der Waals surface area contributed by atoms with E-state index >= 15 is 0 Å². The molecule has 0 saturated carbocycles. The Hall–Kier alpha value is -3.13. The van der Waals surface area contributed by atoms with E-state index in [9.17, 15) is 9.59 Å². The highest BCUT2D eigenvalue weighted by molar-refractivity contribution is 7.16. The summed E-state index contributed by atoms with van der Waals surface area (Å²) < 4.78 is 12.2. The molecule has 8 heteroatoms. The number of nitrogens with zero attached hydrogens (tertiary/aromatic N) is 2. The summed E-state index contributed by atoms with van der Waals surface area (Å²) in [6.45, 7) is 2.71. The number of hydrogen-bond acceptors (Lipinski definition) is 6. The zero-order chi connectivity index (χ0) is 18.8. The highest BCUT2D eigenvalue weighted by Crippen LogP contribution is 2.32. The summed E-state index contributed by atoms with van der Waals surface area (Å²) >= 11 is 1.44. The predicted octanol–water partition coefficient (Wildman–Crippen LogP) is 2.32. The SMILES string of the molecule is Cc1nc2sccc2c(=O)n1CCNC(=O)/C=C\c1ccc2c(c1)OCO2. The minimum atomic E-state index is -0.233. The second kappa shape index (κ2) is 7.24. The molecule has 2 aromatic heterocycles. The number of carbonyl (C=O) groups excluding carboxylic acids is 1. The number of aromatic nitrogens is 2. The third kappa shape index (κ3) is 3.56. The molecule has 0 aliphatic carbocycles. The van der Waals surface area contributed by atoms with Crippen molar-refractivity contribution in [1.82, 2.24) is 14.9 Å². The maximum absolute atomic E-state index is 12.5. The van der Waals surface area contributed by atoms with Crippen LogP contribution in [-0.4, -0.2) is 28.8 Å². The van der Waals surface area contributed by atoms with Gasteiger partial charge in [0.15, 0.2) is 11.5 Å². The minimum Gasteiger partial charge on any atom is -0.454 e. The first-order chi connectivity index (χ1) is 13.1. The van der Waals surface area contributed by atoms with E-state index in [0.717, 1.165) is 10.4 Å². The zero-order valence-electron chi connectivity index (χ0n) is 14.6. The number of hydrogen-bond donors (Lipinski definition) is 1. The van der Waals surface area contributed by atoms with Crippen LogP contribution in [0.2, 0.25) is 0 Å². The molecular formula is C19H17N3O4S. The van der Waals surface area contributed by atoms with Crippen molar-refractivity contribution in [1.29, 1.82) is 0 Å². The van der Waals surface area contributed by atoms with Crippen LogP contribution in [0.1, 0.15) is 11.4 Å². The molecule has 3 aromatic rings. The number of fused-ring (bicyclic) bond motifs is 2. The molecule has 4 rings (SSSR count). The Kier molecular flexibility index (Phi) is 4.64. The maximum Gasteiger partial charge on any atom is 0.262 e. The van der Waals surface area contributed by atoms with Crippen LogP contribution in [0.4, 0.5) is 0 Å². The predicted molar refractivity (Wildman–Crippen MR) is 103 cm³/mol. The van der Waals surface area contributed by atoms with Crippen LogP contribution >= 0.6 is 11.3 Å². The molecule has 0 atom stereocenters. The van der Waals surface area contributed by atoms with Crippen LogP contribution in [0.15, 0.2) is 40.5 Å². The molecule has 1 aromatic carbocycles. The molecule has 0 saturated heterocycles. The van der Waals surface area contributed by atoms with E-state index in [-0.39, 0.29) is 18.3 Å². The van der Waals surface area contributed by atoms with Gasteiger partial charge in [-0.2, -0.15) is 0 Å². The number of carbonyl (C=O) groups is 1. The summed E-state index contributed by atoms with van der Waals surface area (Å²) in [5.74, 6) is 1.78. The van der Waals surface area contributed by atoms with E-state index in [1.54, 1.807) is 23.6 Å². The normalized spacial score (nSPS) is 12.8. The Morgan fingerprint density at radius 1 is 1.33 bits per heavy atom. The molecular weight excluding hydrogens is 366 g/mol. The van der Waals surface area contributed by atoms with Gasteiger partial charge >= 0.3 is 0 Å². The summed E-state index contributed by atoms with van der Waals surface area (Å²) in [6.07, 6.45) is 3.15. The molecule has 7 nitrogen and oxygen atoms in total. The molecule has 3 heterocycles. The average Bonchev–Trinajstić information content (AvgIpc) is 3.31. The highest BCUT2D eigenvalue weighted by Gasteiger charge is 2.12. The number of benzene rings is 1. The quantitative estimate of drug-likeness (QED) is 0.684. The van der Waals surface area contributed by atoms with Gasteiger partial charge in [-0.3, -0.25) is 14.2 Å². The van der Waals surface area contributed by atoms with Crippen molar-refractivity contribution in [2.24, 2.45) is 0 Å². The Labute approximate surface area is 158 Å². The molecule has 0 spiro atoms. The number of amides is 1. The van der Waals surface area contributed by atoms with Gasteiger partial charge in [-0.15, -0.1) is 11.3 Å². The highest BCUT2D eigenvalue weighted by atomic mass is 32.1. The monoisotopic (exact) mass is 383 g/mol. The fraction of sp³-hybridized carbons (Fsp3) is 0.211. The van der Waals surface area contributed by atoms with Gasteiger partial charge in [-0.1, -0.05) is 6.07 Å². The largest absolute Gasteiger partial charge is 0.454 e. The van der Waals surface area contributed by atoms with Crippen LogP contribution in [0.5, 0.6) is 11.5 Å². The Morgan fingerprint density at radius 3 is 3.07 bits per heavy atom. The second-order valence-corrected chi connectivity index (χ2v) is 6.89. The first-order valence-electron chi connectivity index (χ1n) is 8.42. The van der Waals surface area contributed by atoms with Crippen molar-refractivity contribution >= 4 is 33.5 Å². The van der Waals surface area contributed by atoms with Crippen molar-refractivity contribution in [3.63, 3.8) is 0 Å². The number of nitrogens with one attached hydrogen (secondary N) is 1. The smallest absolute Gasteiger partial charge is 0.262 e. The zero-order valence-corrected chi connectivity index (χ0v) is 15.4. The van der Waals surface area contributed by atoms with Crippen LogP contribution in [0.3, 0.4) is 0 Å². The van der Waals surface area contributed by atoms with Crippen molar-refractivity contribution in [2.45, 2.75) is 13.5 Å². The van der Waals surface area contributed by atoms with Crippen molar-refractivity contribution in [3.05, 3.63) is 57.5 Å². The summed E-state index contributed by atoms with van der Waals surface area (Å²) in [5.41, 5.74) is 0.762. The van der Waals surface area contributed by atoms with E-state index in [1.165, 1.54) is 17.4 Å². The lowest BCUT2D eigenvalue weighted by Crippen LogP contribution is -2.31. The van der Waals surface area contributed by atoms with E-state index in [0.29, 0.717) is 35.8 Å². The summed E-state index contributed by atoms with van der Waals surface area (Å²) in [4.78, 5) is 29.7. The van der Waals surface area contributed by atoms with Crippen molar-refractivity contribution < 1.29 is 14.3 Å². The lowest BCUT2D eigenvalue weighted by molar-refractivity contribution is -0.116. The lowest BCUT2D eigenvalue weighted by Gasteiger charge is -2.09. The summed E-state index contributed by atoms with van der Waals surface area (Å²) in [6, 6.07) is 7.25. The minimum absolute atomic E-state index is 0.0797. The summed E-state index contributed by atoms with van der Waals surface area (Å²) in [5, 5.41) is 5.25. The first-order valence-corrected chi connectivity index (χ1v) is 9.30. The van der Waals surface area contributed by atoms with Crippen LogP contribution in [-0.2, 0) is 11.3 Å². The van der Waals surface area contributed by atoms with Crippen molar-refractivity contribution in [3.8, 4) is 11.5 Å². The number of ether oxygens (including phenoxy) is 2. The van der Waals surface area contributed by atoms with E-state index in [2.05, 4.69) is 10.3 Å². The van der Waals surface area contributed by atoms with E-state index in [1.807, 2.05) is 23.6 Å². The number of thiophene rings is 1. The molecule has 138 valence electrons. The molecule has 0 fully saturated rings. The third-order valence-electron chi connectivity index (χ3n) is 4.23. The van der Waals surface area contributed by atoms with Gasteiger partial charge in [0, 0.05) is 19.2 Å². The first kappa shape index (κ1) is 17.3. The fourth-order valence-corrected chi connectivity index (χ4v) is 3.65. The van der Waals surface area contributed by atoms with Gasteiger partial charge in [0.25, 0.3) is 5.56 Å². The molecule has 27 heavy (non-hydrogen) atoms. The van der Waals surface area contributed by atoms with Crippen LogP contribution < -0.4 is 20.3 Å². The molecule has 1 aliphatic rings.